The zero-order valence-electron chi connectivity index (χ0n) is 12.9. The number of urea groups is 1. The molecule has 1 rings (SSSR count). The fraction of sp³-hybridized carbons (Fsp3) is 0.500. The van der Waals surface area contributed by atoms with Crippen LogP contribution in [0, 0.1) is 0 Å². The van der Waals surface area contributed by atoms with E-state index in [0.717, 1.165) is 24.8 Å². The molecule has 1 aromatic carbocycles. The zero-order chi connectivity index (χ0) is 15.8. The molecule has 21 heavy (non-hydrogen) atoms. The number of nitrogens with one attached hydrogen (secondary N) is 1. The van der Waals surface area contributed by atoms with E-state index in [0.29, 0.717) is 6.54 Å². The molecule has 0 aliphatic rings. The lowest BCUT2D eigenvalue weighted by Gasteiger charge is -2.22. The van der Waals surface area contributed by atoms with Crippen LogP contribution in [-0.2, 0) is 6.54 Å². The molecule has 0 saturated carbocycles. The van der Waals surface area contributed by atoms with Gasteiger partial charge in [0.15, 0.2) is 0 Å². The number of nitrogens with zero attached hydrogens (tertiary/aromatic N) is 1. The first kappa shape index (κ1) is 17.0. The Morgan fingerprint density at radius 3 is 2.33 bits per heavy atom. The number of carbonyl (C=O) groups excluding carboxylic acids is 1. The van der Waals surface area contributed by atoms with Crippen LogP contribution in [0.2, 0.25) is 0 Å². The molecule has 0 heterocycles. The molecule has 0 radical (unpaired) electrons. The van der Waals surface area contributed by atoms with Gasteiger partial charge in [0.1, 0.15) is 0 Å². The topological polar surface area (TPSA) is 69.6 Å². The van der Waals surface area contributed by atoms with Gasteiger partial charge in [0, 0.05) is 19.6 Å². The maximum Gasteiger partial charge on any atom is 0.335 e. The maximum absolute atomic E-state index is 12.1. The van der Waals surface area contributed by atoms with E-state index in [9.17, 15) is 9.59 Å². The van der Waals surface area contributed by atoms with E-state index in [4.69, 9.17) is 5.11 Å². The Bertz CT molecular complexity index is 471. The van der Waals surface area contributed by atoms with Crippen LogP contribution in [0.1, 0.15) is 49.0 Å². The summed E-state index contributed by atoms with van der Waals surface area (Å²) in [6.07, 6.45) is 2.93. The number of carbonyl (C=O) groups is 2. The molecule has 1 aromatic rings. The van der Waals surface area contributed by atoms with Crippen LogP contribution >= 0.6 is 0 Å². The van der Waals surface area contributed by atoms with Gasteiger partial charge in [0.25, 0.3) is 0 Å². The van der Waals surface area contributed by atoms with Gasteiger partial charge in [0.05, 0.1) is 5.56 Å². The van der Waals surface area contributed by atoms with E-state index >= 15 is 0 Å². The maximum atomic E-state index is 12.1. The standard InChI is InChI=1S/C16H24N2O3/c1-4-6-14(5-2)17-16(21)18(3)11-12-7-9-13(10-8-12)15(19)20/h7-10,14H,4-6,11H2,1-3H3,(H,17,21)(H,19,20). The minimum Gasteiger partial charge on any atom is -0.478 e. The van der Waals surface area contributed by atoms with Crippen molar-refractivity contribution < 1.29 is 14.7 Å². The van der Waals surface area contributed by atoms with Crippen molar-refractivity contribution >= 4 is 12.0 Å². The second-order valence-corrected chi connectivity index (χ2v) is 5.20. The third kappa shape index (κ3) is 5.45. The van der Waals surface area contributed by atoms with Gasteiger partial charge >= 0.3 is 12.0 Å². The molecule has 2 amide bonds. The van der Waals surface area contributed by atoms with Crippen molar-refractivity contribution in [1.29, 1.82) is 0 Å². The highest BCUT2D eigenvalue weighted by Crippen LogP contribution is 2.08. The number of carboxylic acid groups (broad SMARTS) is 1. The zero-order valence-corrected chi connectivity index (χ0v) is 12.9. The SMILES string of the molecule is CCCC(CC)NC(=O)N(C)Cc1ccc(C(=O)O)cc1. The van der Waals surface area contributed by atoms with Crippen LogP contribution in [0.5, 0.6) is 0 Å². The first-order chi connectivity index (χ1) is 9.97. The number of amides is 2. The number of carboxylic acids is 1. The molecule has 116 valence electrons. The molecule has 0 saturated heterocycles. The lowest BCUT2D eigenvalue weighted by Crippen LogP contribution is -2.42. The molecule has 5 heteroatoms. The van der Waals surface area contributed by atoms with Crippen LogP contribution in [0.3, 0.4) is 0 Å². The Morgan fingerprint density at radius 2 is 1.86 bits per heavy atom. The van der Waals surface area contributed by atoms with E-state index in [-0.39, 0.29) is 17.6 Å². The molecule has 0 fully saturated rings. The molecule has 0 spiro atoms. The van der Waals surface area contributed by atoms with Crippen LogP contribution < -0.4 is 5.32 Å². The molecule has 0 aliphatic heterocycles. The van der Waals surface area contributed by atoms with E-state index < -0.39 is 5.97 Å². The molecule has 2 N–H and O–H groups in total. The summed E-state index contributed by atoms with van der Waals surface area (Å²) in [4.78, 5) is 24.5. The fourth-order valence-corrected chi connectivity index (χ4v) is 2.11. The van der Waals surface area contributed by atoms with E-state index in [2.05, 4.69) is 19.2 Å². The summed E-state index contributed by atoms with van der Waals surface area (Å²) in [5, 5.41) is 11.9. The van der Waals surface area contributed by atoms with Gasteiger partial charge in [-0.25, -0.2) is 9.59 Å². The Morgan fingerprint density at radius 1 is 1.24 bits per heavy atom. The highest BCUT2D eigenvalue weighted by molar-refractivity contribution is 5.87. The third-order valence-corrected chi connectivity index (χ3v) is 3.42. The number of benzene rings is 1. The Labute approximate surface area is 126 Å². The van der Waals surface area contributed by atoms with Crippen molar-refractivity contribution in [2.45, 2.75) is 45.7 Å². The van der Waals surface area contributed by atoms with E-state index in [1.165, 1.54) is 0 Å². The quantitative estimate of drug-likeness (QED) is 0.811. The van der Waals surface area contributed by atoms with Gasteiger partial charge < -0.3 is 15.3 Å². The summed E-state index contributed by atoms with van der Waals surface area (Å²) in [5.41, 5.74) is 1.15. The second-order valence-electron chi connectivity index (χ2n) is 5.20. The van der Waals surface area contributed by atoms with Gasteiger partial charge in [-0.05, 0) is 30.5 Å². The smallest absolute Gasteiger partial charge is 0.335 e. The Kier molecular flexibility index (Phi) is 6.72. The molecule has 0 bridgehead atoms. The predicted molar refractivity (Wildman–Crippen MR) is 82.4 cm³/mol. The van der Waals surface area contributed by atoms with Gasteiger partial charge in [-0.15, -0.1) is 0 Å². The summed E-state index contributed by atoms with van der Waals surface area (Å²) in [6.45, 7) is 4.61. The molecular formula is C16H24N2O3. The number of hydrogen-bond acceptors (Lipinski definition) is 2. The minimum absolute atomic E-state index is 0.0994. The fourth-order valence-electron chi connectivity index (χ4n) is 2.11. The monoisotopic (exact) mass is 292 g/mol. The van der Waals surface area contributed by atoms with Crippen LogP contribution in [0.15, 0.2) is 24.3 Å². The number of aromatic carboxylic acids is 1. The summed E-state index contributed by atoms with van der Waals surface area (Å²) in [7, 11) is 1.74. The summed E-state index contributed by atoms with van der Waals surface area (Å²) < 4.78 is 0. The summed E-state index contributed by atoms with van der Waals surface area (Å²) in [6, 6.07) is 6.68. The van der Waals surface area contributed by atoms with Crippen molar-refractivity contribution in [3.05, 3.63) is 35.4 Å². The van der Waals surface area contributed by atoms with Crippen molar-refractivity contribution in [3.8, 4) is 0 Å². The lowest BCUT2D eigenvalue weighted by atomic mass is 10.1. The highest BCUT2D eigenvalue weighted by atomic mass is 16.4. The van der Waals surface area contributed by atoms with Crippen molar-refractivity contribution in [2.75, 3.05) is 7.05 Å². The first-order valence-corrected chi connectivity index (χ1v) is 7.31. The third-order valence-electron chi connectivity index (χ3n) is 3.42. The predicted octanol–water partition coefficient (Wildman–Crippen LogP) is 3.10. The van der Waals surface area contributed by atoms with Gasteiger partial charge in [-0.1, -0.05) is 32.4 Å². The highest BCUT2D eigenvalue weighted by Gasteiger charge is 2.13. The van der Waals surface area contributed by atoms with Crippen LogP contribution in [-0.4, -0.2) is 35.1 Å². The lowest BCUT2D eigenvalue weighted by molar-refractivity contribution is 0.0697. The van der Waals surface area contributed by atoms with Gasteiger partial charge in [-0.2, -0.15) is 0 Å². The number of rotatable bonds is 7. The Balaban J connectivity index is 2.57. The largest absolute Gasteiger partial charge is 0.478 e. The normalized spacial score (nSPS) is 11.8. The molecule has 0 aliphatic carbocycles. The molecular weight excluding hydrogens is 268 g/mol. The van der Waals surface area contributed by atoms with Crippen LogP contribution in [0.25, 0.3) is 0 Å². The van der Waals surface area contributed by atoms with E-state index in [1.54, 1.807) is 36.2 Å². The molecule has 0 aromatic heterocycles. The first-order valence-electron chi connectivity index (χ1n) is 7.31. The molecule has 1 atom stereocenters. The van der Waals surface area contributed by atoms with Crippen LogP contribution in [0.4, 0.5) is 4.79 Å². The van der Waals surface area contributed by atoms with Gasteiger partial charge in [0.2, 0.25) is 0 Å². The molecule has 1 unspecified atom stereocenters. The average Bonchev–Trinajstić information content (AvgIpc) is 2.47. The summed E-state index contributed by atoms with van der Waals surface area (Å²) >= 11 is 0. The molecule has 5 nitrogen and oxygen atoms in total. The summed E-state index contributed by atoms with van der Waals surface area (Å²) in [5.74, 6) is -0.946. The van der Waals surface area contributed by atoms with Crippen molar-refractivity contribution in [2.24, 2.45) is 0 Å². The van der Waals surface area contributed by atoms with E-state index in [1.807, 2.05) is 0 Å². The van der Waals surface area contributed by atoms with Crippen molar-refractivity contribution in [3.63, 3.8) is 0 Å². The number of hydrogen-bond donors (Lipinski definition) is 2. The Hall–Kier alpha value is -2.04. The average molecular weight is 292 g/mol. The van der Waals surface area contributed by atoms with Crippen molar-refractivity contribution in [1.82, 2.24) is 10.2 Å². The minimum atomic E-state index is -0.946. The second kappa shape index (κ2) is 8.29. The van der Waals surface area contributed by atoms with Gasteiger partial charge in [-0.3, -0.25) is 0 Å².